The molecule has 0 saturated heterocycles. The fraction of sp³-hybridized carbons (Fsp3) is 0.417. The van der Waals surface area contributed by atoms with Crippen LogP contribution >= 0.6 is 0 Å². The van der Waals surface area contributed by atoms with Crippen molar-refractivity contribution in [2.75, 3.05) is 6.54 Å². The average molecular weight is 263 g/mol. The maximum Gasteiger partial charge on any atom is 0.324 e. The number of hydrogen-bond acceptors (Lipinski definition) is 1. The molecule has 6 heteroatoms. The van der Waals surface area contributed by atoms with Crippen molar-refractivity contribution in [2.45, 2.75) is 25.2 Å². The molecule has 0 aliphatic rings. The smallest absolute Gasteiger partial charge is 0.324 e. The first-order chi connectivity index (χ1) is 8.34. The predicted octanol–water partition coefficient (Wildman–Crippen LogP) is 2.81. The van der Waals surface area contributed by atoms with Crippen molar-refractivity contribution in [3.63, 3.8) is 0 Å². The fourth-order valence-electron chi connectivity index (χ4n) is 1.33. The van der Waals surface area contributed by atoms with Crippen LogP contribution in [0, 0.1) is 0 Å². The van der Waals surface area contributed by atoms with Crippen molar-refractivity contribution >= 4 is 5.91 Å². The summed E-state index contributed by atoms with van der Waals surface area (Å²) in [6.07, 6.45) is -3.79. The van der Waals surface area contributed by atoms with Gasteiger partial charge in [-0.1, -0.05) is 30.3 Å². The first-order valence-corrected chi connectivity index (χ1v) is 5.33. The summed E-state index contributed by atoms with van der Waals surface area (Å²) in [6.45, 7) is 0.159. The van der Waals surface area contributed by atoms with E-state index in [-0.39, 0.29) is 0 Å². The van der Waals surface area contributed by atoms with Gasteiger partial charge in [-0.05, 0) is 12.5 Å². The maximum atomic E-state index is 12.6. The highest BCUT2D eigenvalue weighted by Gasteiger charge is 2.41. The lowest BCUT2D eigenvalue weighted by Gasteiger charge is -2.18. The van der Waals surface area contributed by atoms with Crippen molar-refractivity contribution in [3.05, 3.63) is 35.9 Å². The van der Waals surface area contributed by atoms with Crippen LogP contribution in [0.25, 0.3) is 0 Å². The van der Waals surface area contributed by atoms with Gasteiger partial charge in [0.2, 0.25) is 5.91 Å². The van der Waals surface area contributed by atoms with E-state index >= 15 is 0 Å². The number of alkyl halides is 4. The monoisotopic (exact) mass is 263 g/mol. The quantitative estimate of drug-likeness (QED) is 0.813. The van der Waals surface area contributed by atoms with Gasteiger partial charge in [-0.25, -0.2) is 8.78 Å². The molecule has 0 radical (unpaired) electrons. The van der Waals surface area contributed by atoms with E-state index in [1.165, 1.54) is 6.92 Å². The summed E-state index contributed by atoms with van der Waals surface area (Å²) in [5.74, 6) is -5.58. The van der Waals surface area contributed by atoms with Gasteiger partial charge >= 0.3 is 12.3 Å². The Kier molecular flexibility index (Phi) is 4.69. The Morgan fingerprint density at radius 3 is 2.33 bits per heavy atom. The van der Waals surface area contributed by atoms with E-state index in [2.05, 4.69) is 0 Å². The van der Waals surface area contributed by atoms with Crippen LogP contribution in [-0.2, 0) is 4.79 Å². The lowest BCUT2D eigenvalue weighted by Crippen LogP contribution is -2.42. The molecule has 0 fully saturated rings. The van der Waals surface area contributed by atoms with E-state index in [9.17, 15) is 22.4 Å². The molecule has 18 heavy (non-hydrogen) atoms. The summed E-state index contributed by atoms with van der Waals surface area (Å²) < 4.78 is 49.0. The zero-order chi connectivity index (χ0) is 13.8. The normalized spacial score (nSPS) is 13.4. The van der Waals surface area contributed by atoms with Crippen molar-refractivity contribution in [1.82, 2.24) is 5.32 Å². The topological polar surface area (TPSA) is 29.1 Å². The van der Waals surface area contributed by atoms with E-state index in [0.717, 1.165) is 0 Å². The van der Waals surface area contributed by atoms with Crippen LogP contribution in [0.3, 0.4) is 0 Å². The Balaban J connectivity index is 2.57. The van der Waals surface area contributed by atoms with Gasteiger partial charge < -0.3 is 5.32 Å². The largest absolute Gasteiger partial charge is 0.349 e. The highest BCUT2D eigenvalue weighted by molar-refractivity contribution is 5.83. The molecule has 0 saturated carbocycles. The number of halogens is 4. The molecular weight excluding hydrogens is 250 g/mol. The van der Waals surface area contributed by atoms with Crippen molar-refractivity contribution in [3.8, 4) is 0 Å². The number of hydrogen-bond donors (Lipinski definition) is 1. The summed E-state index contributed by atoms with van der Waals surface area (Å²) in [6, 6.07) is 8.48. The molecule has 1 aromatic rings. The number of carbonyl (C=O) groups excluding carboxylic acids is 1. The van der Waals surface area contributed by atoms with E-state index < -0.39 is 30.7 Å². The highest BCUT2D eigenvalue weighted by atomic mass is 19.3. The Morgan fingerprint density at radius 1 is 1.28 bits per heavy atom. The second-order valence-electron chi connectivity index (χ2n) is 3.91. The molecule has 2 nitrogen and oxygen atoms in total. The van der Waals surface area contributed by atoms with Crippen LogP contribution < -0.4 is 5.32 Å². The second-order valence-corrected chi connectivity index (χ2v) is 3.91. The Hall–Kier alpha value is -1.59. The lowest BCUT2D eigenvalue weighted by atomic mass is 10.0. The second kappa shape index (κ2) is 5.84. The Morgan fingerprint density at radius 2 is 1.83 bits per heavy atom. The Bertz CT molecular complexity index is 394. The number of nitrogens with one attached hydrogen (secondary N) is 1. The zero-order valence-corrected chi connectivity index (χ0v) is 9.67. The summed E-state index contributed by atoms with van der Waals surface area (Å²) in [7, 11) is 0. The summed E-state index contributed by atoms with van der Waals surface area (Å²) in [5, 5.41) is 1.83. The standard InChI is InChI=1S/C12H13F4NO/c1-8(9-5-3-2-4-6-9)10(18)17-7-12(15,16)11(13)14/h2-6,8,11H,7H2,1H3,(H,17,18)/t8-/m0/s1. The minimum absolute atomic E-state index is 0.635. The van der Waals surface area contributed by atoms with Gasteiger partial charge in [-0.2, -0.15) is 8.78 Å². The summed E-state index contributed by atoms with van der Waals surface area (Å²) in [5.41, 5.74) is 0.635. The number of rotatable bonds is 5. The molecule has 0 aliphatic heterocycles. The van der Waals surface area contributed by atoms with Crippen LogP contribution in [0.15, 0.2) is 30.3 Å². The molecule has 1 amide bonds. The molecule has 1 atom stereocenters. The molecule has 100 valence electrons. The van der Waals surface area contributed by atoms with Crippen LogP contribution in [0.5, 0.6) is 0 Å². The molecule has 1 N–H and O–H groups in total. The maximum absolute atomic E-state index is 12.6. The van der Waals surface area contributed by atoms with Crippen LogP contribution in [0.4, 0.5) is 17.6 Å². The third-order valence-electron chi connectivity index (χ3n) is 2.51. The van der Waals surface area contributed by atoms with Gasteiger partial charge in [0.15, 0.2) is 0 Å². The highest BCUT2D eigenvalue weighted by Crippen LogP contribution is 2.22. The molecule has 0 aliphatic carbocycles. The summed E-state index contributed by atoms with van der Waals surface area (Å²) in [4.78, 5) is 11.5. The van der Waals surface area contributed by atoms with Crippen molar-refractivity contribution in [2.24, 2.45) is 0 Å². The molecule has 0 bridgehead atoms. The number of amides is 1. The van der Waals surface area contributed by atoms with Gasteiger partial charge in [0, 0.05) is 0 Å². The molecular formula is C12H13F4NO. The van der Waals surface area contributed by atoms with Crippen LogP contribution in [0.2, 0.25) is 0 Å². The van der Waals surface area contributed by atoms with Gasteiger partial charge in [0.05, 0.1) is 12.5 Å². The van der Waals surface area contributed by atoms with Crippen molar-refractivity contribution in [1.29, 1.82) is 0 Å². The van der Waals surface area contributed by atoms with Gasteiger partial charge in [0.25, 0.3) is 0 Å². The first-order valence-electron chi connectivity index (χ1n) is 5.33. The van der Waals surface area contributed by atoms with E-state index in [1.54, 1.807) is 30.3 Å². The Labute approximate surface area is 102 Å². The summed E-state index contributed by atoms with van der Waals surface area (Å²) >= 11 is 0. The van der Waals surface area contributed by atoms with E-state index in [1.807, 2.05) is 5.32 Å². The van der Waals surface area contributed by atoms with Crippen LogP contribution in [0.1, 0.15) is 18.4 Å². The minimum Gasteiger partial charge on any atom is -0.349 e. The molecule has 0 unspecified atom stereocenters. The van der Waals surface area contributed by atoms with E-state index in [0.29, 0.717) is 5.56 Å². The molecule has 0 heterocycles. The van der Waals surface area contributed by atoms with Crippen LogP contribution in [-0.4, -0.2) is 24.8 Å². The van der Waals surface area contributed by atoms with Gasteiger partial charge in [-0.15, -0.1) is 0 Å². The number of benzene rings is 1. The molecule has 0 spiro atoms. The van der Waals surface area contributed by atoms with E-state index in [4.69, 9.17) is 0 Å². The average Bonchev–Trinajstić information content (AvgIpc) is 2.36. The first kappa shape index (κ1) is 14.5. The van der Waals surface area contributed by atoms with Gasteiger partial charge in [-0.3, -0.25) is 4.79 Å². The third-order valence-corrected chi connectivity index (χ3v) is 2.51. The third kappa shape index (κ3) is 3.72. The minimum atomic E-state index is -4.20. The van der Waals surface area contributed by atoms with Gasteiger partial charge in [0.1, 0.15) is 0 Å². The zero-order valence-electron chi connectivity index (χ0n) is 9.67. The predicted molar refractivity (Wildman–Crippen MR) is 58.8 cm³/mol. The van der Waals surface area contributed by atoms with Crippen molar-refractivity contribution < 1.29 is 22.4 Å². The molecule has 1 aromatic carbocycles. The lowest BCUT2D eigenvalue weighted by molar-refractivity contribution is -0.137. The fourth-order valence-corrected chi connectivity index (χ4v) is 1.33. The SMILES string of the molecule is C[C@H](C(=O)NCC(F)(F)C(F)F)c1ccccc1. The molecule has 1 rings (SSSR count). The number of carbonyl (C=O) groups is 1. The molecule has 0 aromatic heterocycles.